The first-order valence-electron chi connectivity index (χ1n) is 7.06. The van der Waals surface area contributed by atoms with Gasteiger partial charge in [0.1, 0.15) is 0 Å². The van der Waals surface area contributed by atoms with E-state index in [-0.39, 0.29) is 6.10 Å². The first kappa shape index (κ1) is 13.6. The molecule has 1 aliphatic carbocycles. The molecule has 0 amide bonds. The van der Waals surface area contributed by atoms with Crippen molar-refractivity contribution in [3.63, 3.8) is 0 Å². The van der Waals surface area contributed by atoms with Crippen LogP contribution >= 0.6 is 0 Å². The average Bonchev–Trinajstić information content (AvgIpc) is 3.12. The second-order valence-electron chi connectivity index (χ2n) is 5.81. The average molecular weight is 247 g/mol. The summed E-state index contributed by atoms with van der Waals surface area (Å²) in [5.74, 6) is 0.582. The van der Waals surface area contributed by atoms with Gasteiger partial charge in [-0.2, -0.15) is 0 Å². The van der Waals surface area contributed by atoms with Gasteiger partial charge in [0.15, 0.2) is 0 Å². The monoisotopic (exact) mass is 247 g/mol. The summed E-state index contributed by atoms with van der Waals surface area (Å²) in [6.45, 7) is 8.28. The van der Waals surface area contributed by atoms with Crippen LogP contribution in [0.4, 0.5) is 0 Å². The van der Waals surface area contributed by atoms with Gasteiger partial charge in [0.2, 0.25) is 0 Å². The molecule has 100 valence electrons. The Morgan fingerprint density at radius 3 is 2.72 bits per heavy atom. The minimum absolute atomic E-state index is 0.188. The third-order valence-corrected chi connectivity index (χ3v) is 3.21. The van der Waals surface area contributed by atoms with Crippen LogP contribution in [-0.4, -0.2) is 19.2 Å². The third-order valence-electron chi connectivity index (χ3n) is 3.21. The van der Waals surface area contributed by atoms with E-state index in [1.165, 1.54) is 24.0 Å². The lowest BCUT2D eigenvalue weighted by molar-refractivity contribution is 0.0349. The summed E-state index contributed by atoms with van der Waals surface area (Å²) < 4.78 is 6.06. The molecule has 0 radical (unpaired) electrons. The molecule has 2 rings (SSSR count). The van der Waals surface area contributed by atoms with Crippen LogP contribution in [0, 0.1) is 12.8 Å². The molecule has 2 nitrogen and oxygen atoms in total. The van der Waals surface area contributed by atoms with Gasteiger partial charge in [-0.1, -0.05) is 43.7 Å². The minimum Gasteiger partial charge on any atom is -0.372 e. The molecule has 1 N–H and O–H groups in total. The van der Waals surface area contributed by atoms with Gasteiger partial charge < -0.3 is 10.1 Å². The van der Waals surface area contributed by atoms with E-state index in [1.54, 1.807) is 0 Å². The summed E-state index contributed by atoms with van der Waals surface area (Å²) in [5.41, 5.74) is 2.60. The fourth-order valence-electron chi connectivity index (χ4n) is 2.01. The smallest absolute Gasteiger partial charge is 0.0949 e. The Labute approximate surface area is 111 Å². The molecule has 0 heterocycles. The van der Waals surface area contributed by atoms with Crippen LogP contribution in [0.15, 0.2) is 24.3 Å². The fraction of sp³-hybridized carbons (Fsp3) is 0.625. The molecule has 1 fully saturated rings. The largest absolute Gasteiger partial charge is 0.372 e. The summed E-state index contributed by atoms with van der Waals surface area (Å²) in [6.07, 6.45) is 2.84. The van der Waals surface area contributed by atoms with E-state index in [1.807, 2.05) is 0 Å². The summed E-state index contributed by atoms with van der Waals surface area (Å²) in [5, 5.41) is 3.57. The topological polar surface area (TPSA) is 21.3 Å². The summed E-state index contributed by atoms with van der Waals surface area (Å²) in [4.78, 5) is 0. The number of nitrogens with one attached hydrogen (secondary N) is 1. The van der Waals surface area contributed by atoms with Gasteiger partial charge in [-0.3, -0.25) is 0 Å². The SMILES string of the molecule is Cc1cccc(C(CNC2CC2)OCC(C)C)c1. The maximum atomic E-state index is 6.06. The van der Waals surface area contributed by atoms with Crippen molar-refractivity contribution >= 4 is 0 Å². The molecular weight excluding hydrogens is 222 g/mol. The van der Waals surface area contributed by atoms with Crippen LogP contribution in [0.25, 0.3) is 0 Å². The summed E-state index contributed by atoms with van der Waals surface area (Å²) in [7, 11) is 0. The highest BCUT2D eigenvalue weighted by Crippen LogP contribution is 2.23. The molecule has 0 bridgehead atoms. The lowest BCUT2D eigenvalue weighted by Crippen LogP contribution is -2.26. The van der Waals surface area contributed by atoms with Gasteiger partial charge in [-0.15, -0.1) is 0 Å². The fourth-order valence-corrected chi connectivity index (χ4v) is 2.01. The van der Waals surface area contributed by atoms with Crippen molar-refractivity contribution in [2.75, 3.05) is 13.2 Å². The Morgan fingerprint density at radius 2 is 2.11 bits per heavy atom. The van der Waals surface area contributed by atoms with Crippen molar-refractivity contribution in [2.24, 2.45) is 5.92 Å². The van der Waals surface area contributed by atoms with Crippen LogP contribution in [0.2, 0.25) is 0 Å². The van der Waals surface area contributed by atoms with Crippen LogP contribution in [-0.2, 0) is 4.74 Å². The van der Waals surface area contributed by atoms with Crippen LogP contribution in [0.5, 0.6) is 0 Å². The first-order valence-corrected chi connectivity index (χ1v) is 7.06. The van der Waals surface area contributed by atoms with Crippen molar-refractivity contribution in [1.82, 2.24) is 5.32 Å². The predicted octanol–water partition coefficient (Wildman–Crippen LogP) is 3.46. The molecule has 18 heavy (non-hydrogen) atoms. The molecule has 1 aromatic carbocycles. The number of aryl methyl sites for hydroxylation is 1. The molecule has 0 aliphatic heterocycles. The number of ether oxygens (including phenoxy) is 1. The third kappa shape index (κ3) is 4.43. The summed E-state index contributed by atoms with van der Waals surface area (Å²) >= 11 is 0. The second-order valence-corrected chi connectivity index (χ2v) is 5.81. The van der Waals surface area contributed by atoms with E-state index >= 15 is 0 Å². The maximum Gasteiger partial charge on any atom is 0.0949 e. The van der Waals surface area contributed by atoms with E-state index < -0.39 is 0 Å². The summed E-state index contributed by atoms with van der Waals surface area (Å²) in [6, 6.07) is 9.40. The van der Waals surface area contributed by atoms with E-state index in [4.69, 9.17) is 4.74 Å². The van der Waals surface area contributed by atoms with Crippen molar-refractivity contribution in [1.29, 1.82) is 0 Å². The normalized spacial score (nSPS) is 17.1. The van der Waals surface area contributed by atoms with E-state index in [0.29, 0.717) is 5.92 Å². The quantitative estimate of drug-likeness (QED) is 0.796. The highest BCUT2D eigenvalue weighted by Gasteiger charge is 2.22. The Hall–Kier alpha value is -0.860. The maximum absolute atomic E-state index is 6.06. The van der Waals surface area contributed by atoms with Crippen LogP contribution < -0.4 is 5.32 Å². The number of benzene rings is 1. The standard InChI is InChI=1S/C16H25NO/c1-12(2)11-18-16(10-17-15-7-8-15)14-6-4-5-13(3)9-14/h4-6,9,12,15-17H,7-8,10-11H2,1-3H3. The molecule has 1 unspecified atom stereocenters. The molecule has 1 atom stereocenters. The van der Waals surface area contributed by atoms with Gasteiger partial charge in [0.05, 0.1) is 6.10 Å². The molecule has 0 spiro atoms. The molecule has 0 saturated heterocycles. The Kier molecular flexibility index (Phi) is 4.79. The zero-order valence-corrected chi connectivity index (χ0v) is 11.8. The highest BCUT2D eigenvalue weighted by atomic mass is 16.5. The van der Waals surface area contributed by atoms with Crippen molar-refractivity contribution < 1.29 is 4.74 Å². The molecular formula is C16H25NO. The lowest BCUT2D eigenvalue weighted by atomic mass is 10.1. The van der Waals surface area contributed by atoms with E-state index in [2.05, 4.69) is 50.4 Å². The molecule has 0 aromatic heterocycles. The molecule has 2 heteroatoms. The highest BCUT2D eigenvalue weighted by molar-refractivity contribution is 5.24. The predicted molar refractivity (Wildman–Crippen MR) is 75.7 cm³/mol. The van der Waals surface area contributed by atoms with Crippen LogP contribution in [0.1, 0.15) is 43.9 Å². The molecule has 1 saturated carbocycles. The number of rotatable bonds is 7. The number of hydrogen-bond donors (Lipinski definition) is 1. The molecule has 1 aliphatic rings. The second kappa shape index (κ2) is 6.35. The number of hydrogen-bond acceptors (Lipinski definition) is 2. The zero-order chi connectivity index (χ0) is 13.0. The van der Waals surface area contributed by atoms with Gasteiger partial charge >= 0.3 is 0 Å². The van der Waals surface area contributed by atoms with Crippen LogP contribution in [0.3, 0.4) is 0 Å². The molecule has 1 aromatic rings. The minimum atomic E-state index is 0.188. The zero-order valence-electron chi connectivity index (χ0n) is 11.8. The van der Waals surface area contributed by atoms with E-state index in [9.17, 15) is 0 Å². The van der Waals surface area contributed by atoms with E-state index in [0.717, 1.165) is 19.2 Å². The Balaban J connectivity index is 1.96. The van der Waals surface area contributed by atoms with Gasteiger partial charge in [-0.25, -0.2) is 0 Å². The van der Waals surface area contributed by atoms with Gasteiger partial charge in [0, 0.05) is 19.2 Å². The Morgan fingerprint density at radius 1 is 1.33 bits per heavy atom. The van der Waals surface area contributed by atoms with Crippen molar-refractivity contribution in [3.05, 3.63) is 35.4 Å². The Bertz CT molecular complexity index is 365. The first-order chi connectivity index (χ1) is 8.65. The van der Waals surface area contributed by atoms with Gasteiger partial charge in [-0.05, 0) is 31.2 Å². The van der Waals surface area contributed by atoms with Gasteiger partial charge in [0.25, 0.3) is 0 Å². The van der Waals surface area contributed by atoms with Crippen molar-refractivity contribution in [2.45, 2.75) is 45.8 Å². The lowest BCUT2D eigenvalue weighted by Gasteiger charge is -2.20. The van der Waals surface area contributed by atoms with Crippen molar-refractivity contribution in [3.8, 4) is 0 Å².